The van der Waals surface area contributed by atoms with Crippen molar-refractivity contribution in [1.82, 2.24) is 0 Å². The second-order valence-corrected chi connectivity index (χ2v) is 5.62. The lowest BCUT2D eigenvalue weighted by molar-refractivity contribution is 0.122. The molecule has 0 atom stereocenters. The molecule has 2 fully saturated rings. The molecule has 3 rings (SSSR count). The number of anilines is 1. The van der Waals surface area contributed by atoms with Crippen molar-refractivity contribution in [2.24, 2.45) is 5.73 Å². The van der Waals surface area contributed by atoms with Crippen LogP contribution in [0.4, 0.5) is 10.1 Å². The minimum absolute atomic E-state index is 0.188. The summed E-state index contributed by atoms with van der Waals surface area (Å²) in [6.07, 6.45) is 4.32. The molecule has 19 heavy (non-hydrogen) atoms. The summed E-state index contributed by atoms with van der Waals surface area (Å²) in [5.41, 5.74) is 8.35. The van der Waals surface area contributed by atoms with Crippen molar-refractivity contribution in [3.05, 3.63) is 29.6 Å². The van der Waals surface area contributed by atoms with Crippen molar-refractivity contribution < 1.29 is 9.13 Å². The molecule has 2 N–H and O–H groups in total. The number of benzene rings is 1. The van der Waals surface area contributed by atoms with Crippen LogP contribution in [0.25, 0.3) is 0 Å². The summed E-state index contributed by atoms with van der Waals surface area (Å²) in [4.78, 5) is 2.20. The van der Waals surface area contributed by atoms with Gasteiger partial charge in [-0.15, -0.1) is 0 Å². The first-order valence-electron chi connectivity index (χ1n) is 7.11. The van der Waals surface area contributed by atoms with E-state index in [1.807, 2.05) is 6.07 Å². The van der Waals surface area contributed by atoms with E-state index in [9.17, 15) is 4.39 Å². The Hall–Kier alpha value is -1.13. The number of nitrogens with two attached hydrogens (primary N) is 1. The maximum atomic E-state index is 13.6. The van der Waals surface area contributed by atoms with Crippen LogP contribution in [0, 0.1) is 5.82 Å². The Kier molecular flexibility index (Phi) is 3.46. The zero-order valence-electron chi connectivity index (χ0n) is 11.2. The van der Waals surface area contributed by atoms with Crippen LogP contribution in [0.5, 0.6) is 0 Å². The van der Waals surface area contributed by atoms with E-state index in [0.29, 0.717) is 13.2 Å². The molecule has 3 nitrogen and oxygen atoms in total. The number of ether oxygens (including phenoxy) is 1. The molecule has 4 heteroatoms. The fraction of sp³-hybridized carbons (Fsp3) is 0.600. The molecule has 0 spiro atoms. The Balaban J connectivity index is 1.98. The Labute approximate surface area is 113 Å². The topological polar surface area (TPSA) is 38.5 Å². The van der Waals surface area contributed by atoms with Crippen molar-refractivity contribution in [3.8, 4) is 0 Å². The van der Waals surface area contributed by atoms with Crippen LogP contribution in [0.2, 0.25) is 0 Å². The molecular weight excluding hydrogens is 243 g/mol. The Morgan fingerprint density at radius 2 is 1.84 bits per heavy atom. The van der Waals surface area contributed by atoms with Crippen molar-refractivity contribution in [2.45, 2.75) is 31.2 Å². The van der Waals surface area contributed by atoms with Crippen molar-refractivity contribution in [2.75, 3.05) is 31.2 Å². The van der Waals surface area contributed by atoms with Gasteiger partial charge in [-0.1, -0.05) is 18.9 Å². The lowest BCUT2D eigenvalue weighted by Crippen LogP contribution is -2.40. The van der Waals surface area contributed by atoms with Gasteiger partial charge in [-0.05, 0) is 30.5 Å². The van der Waals surface area contributed by atoms with Gasteiger partial charge < -0.3 is 15.4 Å². The van der Waals surface area contributed by atoms with E-state index in [2.05, 4.69) is 4.90 Å². The molecule has 104 valence electrons. The molecule has 1 aromatic rings. The largest absolute Gasteiger partial charge is 0.378 e. The molecule has 1 aliphatic carbocycles. The quantitative estimate of drug-likeness (QED) is 0.891. The van der Waals surface area contributed by atoms with Gasteiger partial charge in [-0.25, -0.2) is 4.39 Å². The number of rotatable bonds is 2. The Morgan fingerprint density at radius 3 is 2.53 bits per heavy atom. The summed E-state index contributed by atoms with van der Waals surface area (Å²) in [7, 11) is 0. The average molecular weight is 264 g/mol. The second-order valence-electron chi connectivity index (χ2n) is 5.62. The Bertz CT molecular complexity index is 451. The highest BCUT2D eigenvalue weighted by Gasteiger charge is 2.34. The average Bonchev–Trinajstić information content (AvgIpc) is 2.87. The van der Waals surface area contributed by atoms with Gasteiger partial charge in [0.15, 0.2) is 0 Å². The standard InChI is InChI=1S/C15H21FN2O/c16-12-3-4-13(15(17)5-1-2-6-15)14(11-12)18-7-9-19-10-8-18/h3-4,11H,1-2,5-10,17H2. The van der Waals surface area contributed by atoms with Gasteiger partial charge in [0.1, 0.15) is 5.82 Å². The molecule has 1 saturated heterocycles. The van der Waals surface area contributed by atoms with Crippen molar-refractivity contribution in [3.63, 3.8) is 0 Å². The molecule has 1 heterocycles. The van der Waals surface area contributed by atoms with Gasteiger partial charge in [-0.3, -0.25) is 0 Å². The first kappa shape index (κ1) is 12.9. The summed E-state index contributed by atoms with van der Waals surface area (Å²) in [6.45, 7) is 3.03. The third kappa shape index (κ3) is 2.47. The highest BCUT2D eigenvalue weighted by atomic mass is 19.1. The number of hydrogen-bond acceptors (Lipinski definition) is 3. The van der Waals surface area contributed by atoms with Gasteiger partial charge in [0.05, 0.1) is 13.2 Å². The van der Waals surface area contributed by atoms with E-state index >= 15 is 0 Å². The summed E-state index contributed by atoms with van der Waals surface area (Å²) in [6, 6.07) is 5.05. The van der Waals surface area contributed by atoms with Crippen LogP contribution in [-0.2, 0) is 10.3 Å². The molecule has 0 aromatic heterocycles. The van der Waals surface area contributed by atoms with Crippen molar-refractivity contribution >= 4 is 5.69 Å². The number of hydrogen-bond donors (Lipinski definition) is 1. The molecule has 0 bridgehead atoms. The maximum absolute atomic E-state index is 13.6. The third-order valence-corrected chi connectivity index (χ3v) is 4.34. The monoisotopic (exact) mass is 264 g/mol. The normalized spacial score (nSPS) is 22.7. The minimum atomic E-state index is -0.276. The predicted octanol–water partition coefficient (Wildman–Crippen LogP) is 2.39. The molecule has 1 aromatic carbocycles. The fourth-order valence-corrected chi connectivity index (χ4v) is 3.27. The lowest BCUT2D eigenvalue weighted by Gasteiger charge is -2.35. The predicted molar refractivity (Wildman–Crippen MR) is 73.8 cm³/mol. The number of halogens is 1. The van der Waals surface area contributed by atoms with Crippen LogP contribution in [0.3, 0.4) is 0 Å². The van der Waals surface area contributed by atoms with E-state index < -0.39 is 0 Å². The smallest absolute Gasteiger partial charge is 0.125 e. The molecular formula is C15H21FN2O. The van der Waals surface area contributed by atoms with Gasteiger partial charge in [-0.2, -0.15) is 0 Å². The summed E-state index contributed by atoms with van der Waals surface area (Å²) in [5.74, 6) is -0.188. The maximum Gasteiger partial charge on any atom is 0.125 e. The second kappa shape index (κ2) is 5.10. The highest BCUT2D eigenvalue weighted by molar-refractivity contribution is 5.57. The molecule has 0 amide bonds. The van der Waals surface area contributed by atoms with Crippen LogP contribution >= 0.6 is 0 Å². The van der Waals surface area contributed by atoms with E-state index in [-0.39, 0.29) is 11.4 Å². The van der Waals surface area contributed by atoms with Crippen LogP contribution in [0.15, 0.2) is 18.2 Å². The van der Waals surface area contributed by atoms with E-state index in [1.165, 1.54) is 6.07 Å². The molecule has 2 aliphatic rings. The van der Waals surface area contributed by atoms with Crippen LogP contribution in [0.1, 0.15) is 31.2 Å². The van der Waals surface area contributed by atoms with Crippen molar-refractivity contribution in [1.29, 1.82) is 0 Å². The number of nitrogens with zero attached hydrogens (tertiary/aromatic N) is 1. The first-order chi connectivity index (χ1) is 9.19. The number of morpholine rings is 1. The molecule has 0 radical (unpaired) electrons. The zero-order valence-corrected chi connectivity index (χ0v) is 11.2. The first-order valence-corrected chi connectivity index (χ1v) is 7.11. The fourth-order valence-electron chi connectivity index (χ4n) is 3.27. The summed E-state index contributed by atoms with van der Waals surface area (Å²) in [5, 5.41) is 0. The molecule has 1 aliphatic heterocycles. The molecule has 1 saturated carbocycles. The molecule has 0 unspecified atom stereocenters. The third-order valence-electron chi connectivity index (χ3n) is 4.34. The SMILES string of the molecule is NC1(c2ccc(F)cc2N2CCOCC2)CCCC1. The van der Waals surface area contributed by atoms with Gasteiger partial charge in [0.2, 0.25) is 0 Å². The summed E-state index contributed by atoms with van der Waals surface area (Å²) >= 11 is 0. The summed E-state index contributed by atoms with van der Waals surface area (Å²) < 4.78 is 19.0. The van der Waals surface area contributed by atoms with E-state index in [1.54, 1.807) is 6.07 Å². The zero-order chi connectivity index (χ0) is 13.3. The van der Waals surface area contributed by atoms with Gasteiger partial charge in [0.25, 0.3) is 0 Å². The highest BCUT2D eigenvalue weighted by Crippen LogP contribution is 2.41. The van der Waals surface area contributed by atoms with Gasteiger partial charge >= 0.3 is 0 Å². The lowest BCUT2D eigenvalue weighted by atomic mass is 9.87. The van der Waals surface area contributed by atoms with Crippen LogP contribution in [-0.4, -0.2) is 26.3 Å². The van der Waals surface area contributed by atoms with Gasteiger partial charge in [0, 0.05) is 24.3 Å². The minimum Gasteiger partial charge on any atom is -0.378 e. The Morgan fingerprint density at radius 1 is 1.16 bits per heavy atom. The van der Waals surface area contributed by atoms with E-state index in [4.69, 9.17) is 10.5 Å². The van der Waals surface area contributed by atoms with Crippen LogP contribution < -0.4 is 10.6 Å². The van der Waals surface area contributed by atoms with E-state index in [0.717, 1.165) is 50.0 Å².